The summed E-state index contributed by atoms with van der Waals surface area (Å²) in [6, 6.07) is 7.82. The molecule has 1 aromatic rings. The molecule has 0 aromatic heterocycles. The summed E-state index contributed by atoms with van der Waals surface area (Å²) in [7, 11) is 2.12. The van der Waals surface area contributed by atoms with Gasteiger partial charge in [-0.3, -0.25) is 0 Å². The van der Waals surface area contributed by atoms with Crippen molar-refractivity contribution >= 4 is 5.97 Å². The van der Waals surface area contributed by atoms with Crippen LogP contribution in [-0.2, 0) is 6.42 Å². The molecule has 1 aromatic carbocycles. The second-order valence-corrected chi connectivity index (χ2v) is 5.41. The van der Waals surface area contributed by atoms with E-state index < -0.39 is 5.97 Å². The molecule has 0 radical (unpaired) electrons. The van der Waals surface area contributed by atoms with Gasteiger partial charge in [0.25, 0.3) is 0 Å². The van der Waals surface area contributed by atoms with Crippen molar-refractivity contribution in [2.45, 2.75) is 39.7 Å². The highest BCUT2D eigenvalue weighted by Gasteiger charge is 2.17. The van der Waals surface area contributed by atoms with Gasteiger partial charge in [0.05, 0.1) is 5.56 Å². The van der Waals surface area contributed by atoms with Crippen LogP contribution in [-0.4, -0.2) is 35.6 Å². The molecule has 19 heavy (non-hydrogen) atoms. The Hall–Kier alpha value is -1.35. The molecule has 0 spiro atoms. The van der Waals surface area contributed by atoms with Gasteiger partial charge in [-0.25, -0.2) is 4.79 Å². The fourth-order valence-corrected chi connectivity index (χ4v) is 2.70. The van der Waals surface area contributed by atoms with Crippen molar-refractivity contribution in [1.82, 2.24) is 4.90 Å². The van der Waals surface area contributed by atoms with Crippen molar-refractivity contribution in [2.24, 2.45) is 5.92 Å². The van der Waals surface area contributed by atoms with Gasteiger partial charge in [-0.2, -0.15) is 0 Å². The van der Waals surface area contributed by atoms with Gasteiger partial charge in [-0.1, -0.05) is 39.0 Å². The van der Waals surface area contributed by atoms with Crippen molar-refractivity contribution in [3.63, 3.8) is 0 Å². The van der Waals surface area contributed by atoms with E-state index in [4.69, 9.17) is 5.11 Å². The number of likely N-dealkylation sites (N-methyl/N-ethyl adjacent to an activating group) is 1. The number of aromatic carboxylic acids is 1. The molecule has 3 heteroatoms. The van der Waals surface area contributed by atoms with E-state index in [0.29, 0.717) is 17.5 Å². The normalized spacial score (nSPS) is 12.9. The first kappa shape index (κ1) is 15.7. The van der Waals surface area contributed by atoms with Crippen LogP contribution >= 0.6 is 0 Å². The molecular formula is C16H25NO2. The maximum atomic E-state index is 11.2. The minimum atomic E-state index is -0.839. The monoisotopic (exact) mass is 263 g/mol. The van der Waals surface area contributed by atoms with Crippen molar-refractivity contribution in [3.8, 4) is 0 Å². The molecule has 0 heterocycles. The lowest BCUT2D eigenvalue weighted by Crippen LogP contribution is -2.36. The second-order valence-electron chi connectivity index (χ2n) is 5.41. The number of rotatable bonds is 7. The molecule has 0 aliphatic carbocycles. The summed E-state index contributed by atoms with van der Waals surface area (Å²) in [5, 5.41) is 9.16. The molecule has 106 valence electrons. The number of carboxylic acid groups (broad SMARTS) is 1. The minimum absolute atomic E-state index is 0.425. The molecule has 0 aliphatic heterocycles. The van der Waals surface area contributed by atoms with Crippen LogP contribution in [0.25, 0.3) is 0 Å². The van der Waals surface area contributed by atoms with Gasteiger partial charge in [-0.15, -0.1) is 0 Å². The quantitative estimate of drug-likeness (QED) is 0.820. The van der Waals surface area contributed by atoms with Crippen LogP contribution < -0.4 is 0 Å². The van der Waals surface area contributed by atoms with Gasteiger partial charge in [0, 0.05) is 12.6 Å². The van der Waals surface area contributed by atoms with Crippen LogP contribution in [0.5, 0.6) is 0 Å². The molecule has 0 fully saturated rings. The molecule has 1 N–H and O–H groups in total. The highest BCUT2D eigenvalue weighted by atomic mass is 16.4. The number of benzene rings is 1. The van der Waals surface area contributed by atoms with Gasteiger partial charge in [0.15, 0.2) is 0 Å². The maximum absolute atomic E-state index is 11.2. The lowest BCUT2D eigenvalue weighted by Gasteiger charge is -2.30. The predicted octanol–water partition coefficient (Wildman–Crippen LogP) is 3.29. The van der Waals surface area contributed by atoms with Crippen LogP contribution in [0, 0.1) is 5.92 Å². The zero-order valence-corrected chi connectivity index (χ0v) is 12.4. The van der Waals surface area contributed by atoms with Gasteiger partial charge >= 0.3 is 5.97 Å². The van der Waals surface area contributed by atoms with Crippen molar-refractivity contribution in [3.05, 3.63) is 35.4 Å². The third-order valence-electron chi connectivity index (χ3n) is 3.74. The van der Waals surface area contributed by atoms with Crippen LogP contribution in [0.15, 0.2) is 24.3 Å². The molecule has 1 unspecified atom stereocenters. The number of nitrogens with zero attached hydrogens (tertiary/aromatic N) is 1. The van der Waals surface area contributed by atoms with Gasteiger partial charge in [-0.05, 0) is 37.4 Å². The van der Waals surface area contributed by atoms with E-state index in [1.54, 1.807) is 12.1 Å². The first-order valence-electron chi connectivity index (χ1n) is 6.98. The Labute approximate surface area is 116 Å². The van der Waals surface area contributed by atoms with Crippen molar-refractivity contribution < 1.29 is 9.90 Å². The van der Waals surface area contributed by atoms with E-state index in [0.717, 1.165) is 24.9 Å². The lowest BCUT2D eigenvalue weighted by atomic mass is 9.99. The first-order chi connectivity index (χ1) is 8.97. The predicted molar refractivity (Wildman–Crippen MR) is 78.7 cm³/mol. The van der Waals surface area contributed by atoms with E-state index in [1.807, 2.05) is 12.1 Å². The molecule has 3 nitrogen and oxygen atoms in total. The van der Waals surface area contributed by atoms with Crippen molar-refractivity contribution in [2.75, 3.05) is 13.6 Å². The minimum Gasteiger partial charge on any atom is -0.478 e. The number of hydrogen-bond acceptors (Lipinski definition) is 2. The smallest absolute Gasteiger partial charge is 0.335 e. The number of hydrogen-bond donors (Lipinski definition) is 1. The summed E-state index contributed by atoms with van der Waals surface area (Å²) in [5.41, 5.74) is 1.34. The van der Waals surface area contributed by atoms with Crippen LogP contribution in [0.2, 0.25) is 0 Å². The van der Waals surface area contributed by atoms with E-state index >= 15 is 0 Å². The van der Waals surface area contributed by atoms with Crippen LogP contribution in [0.4, 0.5) is 0 Å². The number of carboxylic acids is 1. The van der Waals surface area contributed by atoms with E-state index in [9.17, 15) is 4.79 Å². The van der Waals surface area contributed by atoms with Gasteiger partial charge in [0.2, 0.25) is 0 Å². The third-order valence-corrected chi connectivity index (χ3v) is 3.74. The Morgan fingerprint density at radius 2 is 1.95 bits per heavy atom. The van der Waals surface area contributed by atoms with Crippen LogP contribution in [0.1, 0.15) is 43.1 Å². The summed E-state index contributed by atoms with van der Waals surface area (Å²) < 4.78 is 0. The van der Waals surface area contributed by atoms with Crippen molar-refractivity contribution in [1.29, 1.82) is 0 Å². The average molecular weight is 263 g/mol. The summed E-state index contributed by atoms with van der Waals surface area (Å²) in [6.45, 7) is 7.55. The first-order valence-corrected chi connectivity index (χ1v) is 6.98. The van der Waals surface area contributed by atoms with E-state index in [-0.39, 0.29) is 0 Å². The lowest BCUT2D eigenvalue weighted by molar-refractivity contribution is 0.0695. The topological polar surface area (TPSA) is 40.5 Å². The standard InChI is InChI=1S/C16H25NO2/c1-5-15(12(2)3)17(4)11-10-13-8-6-7-9-14(13)16(18)19/h6-9,12,15H,5,10-11H2,1-4H3,(H,18,19). The Morgan fingerprint density at radius 3 is 2.47 bits per heavy atom. The Balaban J connectivity index is 2.69. The molecule has 0 bridgehead atoms. The molecular weight excluding hydrogens is 238 g/mol. The molecule has 0 saturated carbocycles. The Morgan fingerprint density at radius 1 is 1.32 bits per heavy atom. The zero-order valence-electron chi connectivity index (χ0n) is 12.4. The SMILES string of the molecule is CCC(C(C)C)N(C)CCc1ccccc1C(=O)O. The molecule has 1 atom stereocenters. The zero-order chi connectivity index (χ0) is 14.4. The largest absolute Gasteiger partial charge is 0.478 e. The summed E-state index contributed by atoms with van der Waals surface area (Å²) in [6.07, 6.45) is 1.90. The summed E-state index contributed by atoms with van der Waals surface area (Å²) >= 11 is 0. The second kappa shape index (κ2) is 7.29. The number of carbonyl (C=O) groups is 1. The molecule has 0 aliphatic rings. The Bertz CT molecular complexity index is 415. The molecule has 1 rings (SSSR count). The molecule has 0 saturated heterocycles. The highest BCUT2D eigenvalue weighted by molar-refractivity contribution is 5.89. The third kappa shape index (κ3) is 4.35. The average Bonchev–Trinajstić information content (AvgIpc) is 2.37. The van der Waals surface area contributed by atoms with E-state index in [2.05, 4.69) is 32.7 Å². The fraction of sp³-hybridized carbons (Fsp3) is 0.562. The maximum Gasteiger partial charge on any atom is 0.335 e. The summed E-state index contributed by atoms with van der Waals surface area (Å²) in [5.74, 6) is -0.223. The fourth-order valence-electron chi connectivity index (χ4n) is 2.70. The highest BCUT2D eigenvalue weighted by Crippen LogP contribution is 2.15. The van der Waals surface area contributed by atoms with Crippen LogP contribution in [0.3, 0.4) is 0 Å². The van der Waals surface area contributed by atoms with E-state index in [1.165, 1.54) is 0 Å². The van der Waals surface area contributed by atoms with Gasteiger partial charge in [0.1, 0.15) is 0 Å². The Kier molecular flexibility index (Phi) is 6.03. The molecule has 0 amide bonds. The van der Waals surface area contributed by atoms with Gasteiger partial charge < -0.3 is 10.0 Å². The summed E-state index contributed by atoms with van der Waals surface area (Å²) in [4.78, 5) is 13.5.